The number of methoxy groups -OCH3 is 2. The van der Waals surface area contributed by atoms with Crippen molar-refractivity contribution >= 4 is 16.8 Å². The summed E-state index contributed by atoms with van der Waals surface area (Å²) in [6.45, 7) is 0. The minimum Gasteiger partial charge on any atom is -0.497 e. The van der Waals surface area contributed by atoms with Gasteiger partial charge in [0.05, 0.1) is 20.3 Å². The van der Waals surface area contributed by atoms with Crippen molar-refractivity contribution in [2.75, 3.05) is 14.2 Å². The van der Waals surface area contributed by atoms with Gasteiger partial charge in [0.15, 0.2) is 0 Å². The molecule has 4 rings (SSSR count). The van der Waals surface area contributed by atoms with Gasteiger partial charge in [-0.25, -0.2) is 0 Å². The quantitative estimate of drug-likeness (QED) is 0.748. The Morgan fingerprint density at radius 2 is 1.81 bits per heavy atom. The molecule has 1 amide bonds. The summed E-state index contributed by atoms with van der Waals surface area (Å²) in [5, 5.41) is 4.36. The number of nitrogens with one attached hydrogen (secondary N) is 2. The van der Waals surface area contributed by atoms with Crippen molar-refractivity contribution in [1.29, 1.82) is 0 Å². The molecular formula is C21H22N2O3. The molecule has 5 nitrogen and oxygen atoms in total. The van der Waals surface area contributed by atoms with Gasteiger partial charge in [-0.1, -0.05) is 0 Å². The first-order valence-corrected chi connectivity index (χ1v) is 8.83. The second kappa shape index (κ2) is 6.75. The number of ether oxygens (including phenoxy) is 2. The number of benzene rings is 2. The summed E-state index contributed by atoms with van der Waals surface area (Å²) in [6.07, 6.45) is 2.99. The molecule has 5 heteroatoms. The molecule has 1 atom stereocenters. The average Bonchev–Trinajstić information content (AvgIpc) is 3.07. The second-order valence-corrected chi connectivity index (χ2v) is 6.58. The first-order chi connectivity index (χ1) is 12.7. The number of aromatic nitrogens is 1. The van der Waals surface area contributed by atoms with Crippen molar-refractivity contribution in [3.05, 3.63) is 59.3 Å². The van der Waals surface area contributed by atoms with Gasteiger partial charge in [-0.2, -0.15) is 0 Å². The summed E-state index contributed by atoms with van der Waals surface area (Å²) >= 11 is 0. The SMILES string of the molecule is COc1ccc(C(=O)N[C@@H]2CCCc3c2[nH]c2ccc(OC)cc32)cc1. The molecule has 0 aliphatic heterocycles. The van der Waals surface area contributed by atoms with E-state index < -0.39 is 0 Å². The van der Waals surface area contributed by atoms with Crippen LogP contribution in [0.1, 0.15) is 40.5 Å². The monoisotopic (exact) mass is 350 g/mol. The van der Waals surface area contributed by atoms with Crippen LogP contribution in [0.2, 0.25) is 0 Å². The topological polar surface area (TPSA) is 63.3 Å². The number of H-pyrrole nitrogens is 1. The predicted octanol–water partition coefficient (Wildman–Crippen LogP) is 3.99. The maximum absolute atomic E-state index is 12.7. The van der Waals surface area contributed by atoms with Crippen LogP contribution in [0, 0.1) is 0 Å². The number of hydrogen-bond donors (Lipinski definition) is 2. The first kappa shape index (κ1) is 16.5. The molecule has 1 aromatic heterocycles. The normalized spacial score (nSPS) is 16.2. The van der Waals surface area contributed by atoms with Gasteiger partial charge in [0.1, 0.15) is 11.5 Å². The van der Waals surface area contributed by atoms with Crippen molar-refractivity contribution in [3.63, 3.8) is 0 Å². The molecule has 3 aromatic rings. The molecule has 0 spiro atoms. The Hall–Kier alpha value is -2.95. The molecule has 0 unspecified atom stereocenters. The highest BCUT2D eigenvalue weighted by atomic mass is 16.5. The highest BCUT2D eigenvalue weighted by molar-refractivity contribution is 5.95. The van der Waals surface area contributed by atoms with E-state index in [0.29, 0.717) is 5.56 Å². The Balaban J connectivity index is 1.62. The zero-order valence-corrected chi connectivity index (χ0v) is 15.0. The number of hydrogen-bond acceptors (Lipinski definition) is 3. The molecule has 2 N–H and O–H groups in total. The summed E-state index contributed by atoms with van der Waals surface area (Å²) in [6, 6.07) is 13.2. The van der Waals surface area contributed by atoms with Crippen LogP contribution in [-0.2, 0) is 6.42 Å². The van der Waals surface area contributed by atoms with E-state index >= 15 is 0 Å². The van der Waals surface area contributed by atoms with Crippen LogP contribution in [0.15, 0.2) is 42.5 Å². The fourth-order valence-corrected chi connectivity index (χ4v) is 3.70. The Morgan fingerprint density at radius 1 is 1.08 bits per heavy atom. The van der Waals surface area contributed by atoms with E-state index in [0.717, 1.165) is 42.0 Å². The molecule has 0 fully saturated rings. The lowest BCUT2D eigenvalue weighted by Gasteiger charge is -2.24. The van der Waals surface area contributed by atoms with Crippen molar-refractivity contribution in [2.45, 2.75) is 25.3 Å². The molecule has 0 bridgehead atoms. The highest BCUT2D eigenvalue weighted by Crippen LogP contribution is 2.36. The lowest BCUT2D eigenvalue weighted by atomic mass is 9.91. The summed E-state index contributed by atoms with van der Waals surface area (Å²) in [5.41, 5.74) is 4.11. The number of aryl methyl sites for hydroxylation is 1. The third-order valence-corrected chi connectivity index (χ3v) is 5.07. The minimum absolute atomic E-state index is 0.00764. The van der Waals surface area contributed by atoms with E-state index in [9.17, 15) is 4.79 Å². The van der Waals surface area contributed by atoms with E-state index in [1.54, 1.807) is 38.5 Å². The maximum atomic E-state index is 12.7. The van der Waals surface area contributed by atoms with E-state index in [-0.39, 0.29) is 11.9 Å². The zero-order valence-electron chi connectivity index (χ0n) is 15.0. The van der Waals surface area contributed by atoms with Crippen LogP contribution in [0.4, 0.5) is 0 Å². The number of carbonyl (C=O) groups excluding carboxylic acids is 1. The van der Waals surface area contributed by atoms with Gasteiger partial charge in [-0.3, -0.25) is 4.79 Å². The smallest absolute Gasteiger partial charge is 0.251 e. The fraction of sp³-hybridized carbons (Fsp3) is 0.286. The predicted molar refractivity (Wildman–Crippen MR) is 101 cm³/mol. The maximum Gasteiger partial charge on any atom is 0.251 e. The highest BCUT2D eigenvalue weighted by Gasteiger charge is 2.26. The molecule has 2 aromatic carbocycles. The molecule has 1 heterocycles. The zero-order chi connectivity index (χ0) is 18.1. The van der Waals surface area contributed by atoms with Crippen LogP contribution in [0.3, 0.4) is 0 Å². The van der Waals surface area contributed by atoms with E-state index in [1.807, 2.05) is 12.1 Å². The average molecular weight is 350 g/mol. The Bertz CT molecular complexity index is 944. The second-order valence-electron chi connectivity index (χ2n) is 6.58. The van der Waals surface area contributed by atoms with E-state index in [2.05, 4.69) is 16.4 Å². The van der Waals surface area contributed by atoms with Crippen molar-refractivity contribution in [1.82, 2.24) is 10.3 Å². The van der Waals surface area contributed by atoms with Gasteiger partial charge in [0, 0.05) is 22.2 Å². The largest absolute Gasteiger partial charge is 0.497 e. The molecule has 0 saturated heterocycles. The third kappa shape index (κ3) is 2.90. The van der Waals surface area contributed by atoms with E-state index in [4.69, 9.17) is 9.47 Å². The third-order valence-electron chi connectivity index (χ3n) is 5.07. The molecule has 1 aliphatic carbocycles. The fourth-order valence-electron chi connectivity index (χ4n) is 3.70. The van der Waals surface area contributed by atoms with Gasteiger partial charge in [0.2, 0.25) is 0 Å². The van der Waals surface area contributed by atoms with Crippen molar-refractivity contribution in [2.24, 2.45) is 0 Å². The molecule has 134 valence electrons. The lowest BCUT2D eigenvalue weighted by molar-refractivity contribution is 0.0932. The van der Waals surface area contributed by atoms with Crippen LogP contribution in [-0.4, -0.2) is 25.1 Å². The van der Waals surface area contributed by atoms with Gasteiger partial charge in [-0.05, 0) is 67.3 Å². The van der Waals surface area contributed by atoms with Gasteiger partial charge >= 0.3 is 0 Å². The van der Waals surface area contributed by atoms with Crippen LogP contribution in [0.5, 0.6) is 11.5 Å². The number of amides is 1. The number of aromatic amines is 1. The molecule has 0 radical (unpaired) electrons. The first-order valence-electron chi connectivity index (χ1n) is 8.83. The molecular weight excluding hydrogens is 328 g/mol. The van der Waals surface area contributed by atoms with Gasteiger partial charge < -0.3 is 19.8 Å². The van der Waals surface area contributed by atoms with Gasteiger partial charge in [0.25, 0.3) is 5.91 Å². The van der Waals surface area contributed by atoms with Crippen LogP contribution in [0.25, 0.3) is 10.9 Å². The van der Waals surface area contributed by atoms with Crippen LogP contribution < -0.4 is 14.8 Å². The lowest BCUT2D eigenvalue weighted by Crippen LogP contribution is -2.31. The summed E-state index contributed by atoms with van der Waals surface area (Å²) in [7, 11) is 3.29. The molecule has 0 saturated carbocycles. The van der Waals surface area contributed by atoms with Crippen molar-refractivity contribution < 1.29 is 14.3 Å². The Morgan fingerprint density at radius 3 is 2.54 bits per heavy atom. The number of carbonyl (C=O) groups is 1. The summed E-state index contributed by atoms with van der Waals surface area (Å²) < 4.78 is 10.5. The number of rotatable bonds is 4. The molecule has 26 heavy (non-hydrogen) atoms. The summed E-state index contributed by atoms with van der Waals surface area (Å²) in [4.78, 5) is 16.2. The Kier molecular flexibility index (Phi) is 4.29. The summed E-state index contributed by atoms with van der Waals surface area (Å²) in [5.74, 6) is 1.52. The van der Waals surface area contributed by atoms with Crippen LogP contribution >= 0.6 is 0 Å². The molecule has 1 aliphatic rings. The standard InChI is InChI=1S/C21H22N2O3/c1-25-14-8-6-13(7-9-14)21(24)23-19-5-3-4-16-17-12-15(26-2)10-11-18(17)22-20(16)19/h6-12,19,22H,3-5H2,1-2H3,(H,23,24)/t19-/m1/s1. The number of fused-ring (bicyclic) bond motifs is 3. The van der Waals surface area contributed by atoms with E-state index in [1.165, 1.54) is 10.9 Å². The minimum atomic E-state index is -0.0678. The van der Waals surface area contributed by atoms with Gasteiger partial charge in [-0.15, -0.1) is 0 Å². The Labute approximate surface area is 152 Å². The van der Waals surface area contributed by atoms with Crippen molar-refractivity contribution in [3.8, 4) is 11.5 Å².